The highest BCUT2D eigenvalue weighted by Crippen LogP contribution is 2.21. The van der Waals surface area contributed by atoms with E-state index in [0.29, 0.717) is 6.54 Å². The van der Waals surface area contributed by atoms with Crippen LogP contribution in [0.5, 0.6) is 5.75 Å². The molecule has 5 heteroatoms. The van der Waals surface area contributed by atoms with Gasteiger partial charge in [0, 0.05) is 6.54 Å². The zero-order valence-corrected chi connectivity index (χ0v) is 11.4. The van der Waals surface area contributed by atoms with Gasteiger partial charge in [-0.15, -0.1) is 0 Å². The van der Waals surface area contributed by atoms with Gasteiger partial charge in [0.05, 0.1) is 0 Å². The van der Waals surface area contributed by atoms with E-state index in [1.165, 1.54) is 6.07 Å². The average molecular weight is 265 g/mol. The van der Waals surface area contributed by atoms with E-state index in [-0.39, 0.29) is 17.2 Å². The van der Waals surface area contributed by atoms with Gasteiger partial charge in [-0.1, -0.05) is 13.0 Å². The number of carboxylic acid groups (broad SMARTS) is 1. The molecule has 0 bridgehead atoms. The smallest absolute Gasteiger partial charge is 0.339 e. The Balaban J connectivity index is 2.83. The molecule has 0 aliphatic rings. The number of benzene rings is 1. The number of carbonyl (C=O) groups excluding carboxylic acids is 1. The molecule has 2 N–H and O–H groups in total. The minimum atomic E-state index is -1.07. The Morgan fingerprint density at radius 1 is 1.42 bits per heavy atom. The van der Waals surface area contributed by atoms with E-state index in [0.717, 1.165) is 12.0 Å². The summed E-state index contributed by atoms with van der Waals surface area (Å²) in [6, 6.07) is 4.79. The van der Waals surface area contributed by atoms with Crippen LogP contribution in [-0.4, -0.2) is 29.6 Å². The van der Waals surface area contributed by atoms with Crippen molar-refractivity contribution in [2.75, 3.05) is 6.54 Å². The van der Waals surface area contributed by atoms with E-state index in [9.17, 15) is 9.59 Å². The highest BCUT2D eigenvalue weighted by molar-refractivity contribution is 5.91. The lowest BCUT2D eigenvalue weighted by Gasteiger charge is -2.16. The Hall–Kier alpha value is -2.04. The number of ether oxygens (including phenoxy) is 1. The van der Waals surface area contributed by atoms with Crippen molar-refractivity contribution in [3.63, 3.8) is 0 Å². The van der Waals surface area contributed by atoms with Crippen molar-refractivity contribution in [3.8, 4) is 5.75 Å². The normalized spacial score (nSPS) is 11.7. The monoisotopic (exact) mass is 265 g/mol. The van der Waals surface area contributed by atoms with Gasteiger partial charge in [-0.25, -0.2) is 4.79 Å². The molecule has 0 radical (unpaired) electrons. The highest BCUT2D eigenvalue weighted by Gasteiger charge is 2.18. The number of rotatable bonds is 6. The van der Waals surface area contributed by atoms with Crippen LogP contribution >= 0.6 is 0 Å². The molecule has 0 unspecified atom stereocenters. The Morgan fingerprint density at radius 3 is 2.68 bits per heavy atom. The van der Waals surface area contributed by atoms with Gasteiger partial charge in [0.2, 0.25) is 0 Å². The van der Waals surface area contributed by atoms with Gasteiger partial charge in [0.15, 0.2) is 6.10 Å². The maximum absolute atomic E-state index is 11.7. The molecule has 0 aliphatic carbocycles. The van der Waals surface area contributed by atoms with Crippen molar-refractivity contribution in [2.45, 2.75) is 33.3 Å². The Bertz CT molecular complexity index is 471. The maximum Gasteiger partial charge on any atom is 0.339 e. The number of carboxylic acids is 1. The molecule has 0 saturated carbocycles. The molecule has 5 nitrogen and oxygen atoms in total. The number of aryl methyl sites for hydroxylation is 1. The molecule has 1 atom stereocenters. The van der Waals surface area contributed by atoms with Crippen molar-refractivity contribution in [1.82, 2.24) is 5.32 Å². The summed E-state index contributed by atoms with van der Waals surface area (Å²) in [7, 11) is 0. The van der Waals surface area contributed by atoms with Crippen LogP contribution in [0.3, 0.4) is 0 Å². The quantitative estimate of drug-likeness (QED) is 0.824. The lowest BCUT2D eigenvalue weighted by Crippen LogP contribution is -2.36. The number of aromatic carboxylic acids is 1. The van der Waals surface area contributed by atoms with Crippen LogP contribution in [0.15, 0.2) is 18.2 Å². The fourth-order valence-electron chi connectivity index (χ4n) is 1.54. The number of carbonyl (C=O) groups is 2. The number of amides is 1. The Kier molecular flexibility index (Phi) is 5.36. The molecular formula is C14H19NO4. The minimum Gasteiger partial charge on any atom is -0.480 e. The number of hydrogen-bond donors (Lipinski definition) is 2. The first-order chi connectivity index (χ1) is 8.95. The molecular weight excluding hydrogens is 246 g/mol. The van der Waals surface area contributed by atoms with Crippen LogP contribution in [0, 0.1) is 6.92 Å². The van der Waals surface area contributed by atoms with Crippen LogP contribution in [0.4, 0.5) is 0 Å². The van der Waals surface area contributed by atoms with Gasteiger partial charge in [-0.2, -0.15) is 0 Å². The van der Waals surface area contributed by atoms with Crippen molar-refractivity contribution in [3.05, 3.63) is 29.3 Å². The maximum atomic E-state index is 11.7. The van der Waals surface area contributed by atoms with E-state index in [1.807, 2.05) is 13.8 Å². The van der Waals surface area contributed by atoms with Gasteiger partial charge in [-0.05, 0) is 38.0 Å². The zero-order chi connectivity index (χ0) is 14.4. The number of nitrogens with one attached hydrogen (secondary N) is 1. The van der Waals surface area contributed by atoms with Crippen LogP contribution in [0.25, 0.3) is 0 Å². The van der Waals surface area contributed by atoms with Crippen LogP contribution < -0.4 is 10.1 Å². The van der Waals surface area contributed by atoms with E-state index in [2.05, 4.69) is 5.32 Å². The van der Waals surface area contributed by atoms with Crippen LogP contribution in [-0.2, 0) is 4.79 Å². The van der Waals surface area contributed by atoms with Gasteiger partial charge < -0.3 is 15.2 Å². The molecule has 1 rings (SSSR count). The zero-order valence-electron chi connectivity index (χ0n) is 11.4. The van der Waals surface area contributed by atoms with Crippen LogP contribution in [0.1, 0.15) is 36.2 Å². The van der Waals surface area contributed by atoms with Crippen LogP contribution in [0.2, 0.25) is 0 Å². The SMILES string of the molecule is CCCNC(=O)[C@@H](C)Oc1cc(C)ccc1C(=O)O. The molecule has 1 aromatic carbocycles. The molecule has 0 heterocycles. The standard InChI is InChI=1S/C14H19NO4/c1-4-7-15-13(16)10(3)19-12-8-9(2)5-6-11(12)14(17)18/h5-6,8,10H,4,7H2,1-3H3,(H,15,16)(H,17,18)/t10-/m1/s1. The Morgan fingerprint density at radius 2 is 2.11 bits per heavy atom. The molecule has 1 aromatic rings. The molecule has 1 amide bonds. The van der Waals surface area contributed by atoms with E-state index in [4.69, 9.17) is 9.84 Å². The second-order valence-electron chi connectivity index (χ2n) is 4.36. The summed E-state index contributed by atoms with van der Waals surface area (Å²) in [5, 5.41) is 11.8. The summed E-state index contributed by atoms with van der Waals surface area (Å²) in [5.74, 6) is -1.11. The first-order valence-electron chi connectivity index (χ1n) is 6.24. The molecule has 0 aliphatic heterocycles. The molecule has 104 valence electrons. The topological polar surface area (TPSA) is 75.6 Å². The third-order valence-electron chi connectivity index (χ3n) is 2.59. The van der Waals surface area contributed by atoms with Crippen molar-refractivity contribution in [2.24, 2.45) is 0 Å². The largest absolute Gasteiger partial charge is 0.480 e. The summed E-state index contributed by atoms with van der Waals surface area (Å²) in [6.07, 6.45) is 0.106. The summed E-state index contributed by atoms with van der Waals surface area (Å²) in [5.41, 5.74) is 0.932. The van der Waals surface area contributed by atoms with E-state index in [1.54, 1.807) is 19.1 Å². The number of hydrogen-bond acceptors (Lipinski definition) is 3. The molecule has 0 aromatic heterocycles. The van der Waals surface area contributed by atoms with Gasteiger partial charge in [-0.3, -0.25) is 4.79 Å². The summed E-state index contributed by atoms with van der Waals surface area (Å²) >= 11 is 0. The predicted molar refractivity (Wildman–Crippen MR) is 71.5 cm³/mol. The first-order valence-corrected chi connectivity index (χ1v) is 6.24. The molecule has 0 saturated heterocycles. The third kappa shape index (κ3) is 4.28. The third-order valence-corrected chi connectivity index (χ3v) is 2.59. The molecule has 0 fully saturated rings. The fourth-order valence-corrected chi connectivity index (χ4v) is 1.54. The van der Waals surface area contributed by atoms with Gasteiger partial charge >= 0.3 is 5.97 Å². The van der Waals surface area contributed by atoms with Gasteiger partial charge in [0.25, 0.3) is 5.91 Å². The molecule has 0 spiro atoms. The van der Waals surface area contributed by atoms with E-state index >= 15 is 0 Å². The van der Waals surface area contributed by atoms with Crippen molar-refractivity contribution < 1.29 is 19.4 Å². The van der Waals surface area contributed by atoms with Crippen molar-refractivity contribution in [1.29, 1.82) is 0 Å². The first kappa shape index (κ1) is 15.0. The average Bonchev–Trinajstić information content (AvgIpc) is 2.35. The highest BCUT2D eigenvalue weighted by atomic mass is 16.5. The fraction of sp³-hybridized carbons (Fsp3) is 0.429. The summed E-state index contributed by atoms with van der Waals surface area (Å²) in [4.78, 5) is 22.8. The predicted octanol–water partition coefficient (Wildman–Crippen LogP) is 1.99. The molecule has 19 heavy (non-hydrogen) atoms. The lowest BCUT2D eigenvalue weighted by atomic mass is 10.1. The van der Waals surface area contributed by atoms with Gasteiger partial charge in [0.1, 0.15) is 11.3 Å². The van der Waals surface area contributed by atoms with Crippen molar-refractivity contribution >= 4 is 11.9 Å². The second kappa shape index (κ2) is 6.78. The lowest BCUT2D eigenvalue weighted by molar-refractivity contribution is -0.127. The second-order valence-corrected chi connectivity index (χ2v) is 4.36. The Labute approximate surface area is 112 Å². The minimum absolute atomic E-state index is 0.0562. The van der Waals surface area contributed by atoms with E-state index < -0.39 is 12.1 Å². The summed E-state index contributed by atoms with van der Waals surface area (Å²) in [6.45, 7) is 5.96. The summed E-state index contributed by atoms with van der Waals surface area (Å²) < 4.78 is 5.45.